The molecule has 0 bridgehead atoms. The molecule has 9 heteroatoms. The van der Waals surface area contributed by atoms with Gasteiger partial charge in [0.2, 0.25) is 0 Å². The van der Waals surface area contributed by atoms with Crippen LogP contribution in [0.3, 0.4) is 0 Å². The summed E-state index contributed by atoms with van der Waals surface area (Å²) >= 11 is 6.51. The summed E-state index contributed by atoms with van der Waals surface area (Å²) < 4.78 is 23.5. The van der Waals surface area contributed by atoms with Gasteiger partial charge in [-0.3, -0.25) is 14.7 Å². The van der Waals surface area contributed by atoms with Gasteiger partial charge in [-0.25, -0.2) is 8.42 Å². The molecule has 1 unspecified atom stereocenters. The van der Waals surface area contributed by atoms with Gasteiger partial charge < -0.3 is 11.1 Å². The van der Waals surface area contributed by atoms with Crippen molar-refractivity contribution in [3.05, 3.63) is 76.9 Å². The van der Waals surface area contributed by atoms with E-state index < -0.39 is 9.84 Å². The molecule has 0 aliphatic carbocycles. The van der Waals surface area contributed by atoms with E-state index in [2.05, 4.69) is 15.2 Å². The second kappa shape index (κ2) is 9.51. The van der Waals surface area contributed by atoms with Gasteiger partial charge in [0.25, 0.3) is 5.91 Å². The van der Waals surface area contributed by atoms with Gasteiger partial charge in [0.1, 0.15) is 0 Å². The van der Waals surface area contributed by atoms with Crippen LogP contribution >= 0.6 is 11.6 Å². The fourth-order valence-electron chi connectivity index (χ4n) is 3.91. The molecule has 1 aromatic heterocycles. The molecule has 0 saturated carbocycles. The summed E-state index contributed by atoms with van der Waals surface area (Å²) in [6, 6.07) is 16.0. The number of para-hydroxylation sites is 2. The first-order valence-electron chi connectivity index (χ1n) is 10.5. The number of sulfone groups is 1. The number of pyridine rings is 1. The van der Waals surface area contributed by atoms with Gasteiger partial charge in [-0.1, -0.05) is 35.9 Å². The number of hydrogen-bond donors (Lipinski definition) is 2. The third kappa shape index (κ3) is 5.52. The van der Waals surface area contributed by atoms with Crippen molar-refractivity contribution >= 4 is 38.7 Å². The predicted molar refractivity (Wildman–Crippen MR) is 132 cm³/mol. The smallest absolute Gasteiger partial charge is 0.255 e. The summed E-state index contributed by atoms with van der Waals surface area (Å²) in [5.41, 5.74) is 9.78. The second-order valence-corrected chi connectivity index (χ2v) is 11.0. The Kier molecular flexibility index (Phi) is 6.69. The third-order valence-corrected chi connectivity index (χ3v) is 7.65. The fraction of sp³-hybridized carbons (Fsp3) is 0.250. The minimum absolute atomic E-state index is 0.258. The van der Waals surface area contributed by atoms with Crippen LogP contribution < -0.4 is 11.1 Å². The first-order valence-corrected chi connectivity index (χ1v) is 12.9. The summed E-state index contributed by atoms with van der Waals surface area (Å²) in [7, 11) is -3.03. The molecule has 1 aliphatic heterocycles. The van der Waals surface area contributed by atoms with Gasteiger partial charge in [0.05, 0.1) is 27.3 Å². The lowest BCUT2D eigenvalue weighted by molar-refractivity contribution is 0.102. The van der Waals surface area contributed by atoms with E-state index in [0.717, 1.165) is 17.7 Å². The molecular weight excluding hydrogens is 460 g/mol. The summed E-state index contributed by atoms with van der Waals surface area (Å²) in [5.74, 6) is -0.258. The molecule has 172 valence electrons. The highest BCUT2D eigenvalue weighted by molar-refractivity contribution is 7.91. The van der Waals surface area contributed by atoms with E-state index in [1.807, 2.05) is 6.07 Å². The number of carbonyl (C=O) groups excluding carboxylic acids is 1. The maximum Gasteiger partial charge on any atom is 0.255 e. The molecule has 1 atom stereocenters. The number of anilines is 2. The van der Waals surface area contributed by atoms with Crippen LogP contribution in [0.15, 0.2) is 60.8 Å². The highest BCUT2D eigenvalue weighted by Gasteiger charge is 2.29. The van der Waals surface area contributed by atoms with Crippen molar-refractivity contribution in [3.63, 3.8) is 0 Å². The number of halogens is 1. The fourth-order valence-corrected chi connectivity index (χ4v) is 5.22. The molecule has 2 heterocycles. The number of nitrogens with zero attached hydrogens (tertiary/aromatic N) is 2. The predicted octanol–water partition coefficient (Wildman–Crippen LogP) is 3.86. The van der Waals surface area contributed by atoms with E-state index in [-0.39, 0.29) is 11.2 Å². The van der Waals surface area contributed by atoms with E-state index >= 15 is 0 Å². The van der Waals surface area contributed by atoms with Crippen molar-refractivity contribution in [2.45, 2.75) is 18.2 Å². The third-order valence-electron chi connectivity index (χ3n) is 5.77. The molecule has 3 N–H and O–H groups in total. The van der Waals surface area contributed by atoms with Gasteiger partial charge in [-0.05, 0) is 48.9 Å². The van der Waals surface area contributed by atoms with Gasteiger partial charge in [0, 0.05) is 36.7 Å². The maximum absolute atomic E-state index is 12.5. The zero-order valence-corrected chi connectivity index (χ0v) is 19.7. The number of nitrogen functional groups attached to an aromatic ring is 1. The van der Waals surface area contributed by atoms with Gasteiger partial charge in [0.15, 0.2) is 9.84 Å². The van der Waals surface area contributed by atoms with E-state index in [0.29, 0.717) is 47.2 Å². The minimum atomic E-state index is -3.03. The lowest BCUT2D eigenvalue weighted by Gasteiger charge is -2.16. The summed E-state index contributed by atoms with van der Waals surface area (Å²) in [5, 5.41) is 2.99. The Hall–Kier alpha value is -2.94. The Balaban J connectivity index is 1.43. The van der Waals surface area contributed by atoms with E-state index in [1.54, 1.807) is 54.7 Å². The lowest BCUT2D eigenvalue weighted by atomic mass is 10.1. The van der Waals surface area contributed by atoms with Crippen LogP contribution in [0.5, 0.6) is 0 Å². The SMILES string of the molecule is CS(=O)(=O)C1CCN(Cc2cnc(-c3ccc(C(=O)Nc4ccccc4N)cc3)c(Cl)c2)C1. The molecule has 7 nitrogen and oxygen atoms in total. The standard InChI is InChI=1S/C24H25ClN4O3S/c1-33(31,32)19-10-11-29(15-19)14-16-12-20(25)23(27-13-16)17-6-8-18(9-7-17)24(30)28-22-5-3-2-4-21(22)26/h2-9,12-13,19H,10-11,14-15,26H2,1H3,(H,28,30). The number of carbonyl (C=O) groups is 1. The first kappa shape index (κ1) is 23.2. The highest BCUT2D eigenvalue weighted by Crippen LogP contribution is 2.28. The van der Waals surface area contributed by atoms with Gasteiger partial charge in [-0.2, -0.15) is 0 Å². The summed E-state index contributed by atoms with van der Waals surface area (Å²) in [4.78, 5) is 19.1. The molecule has 1 saturated heterocycles. The van der Waals surface area contributed by atoms with Crippen molar-refractivity contribution < 1.29 is 13.2 Å². The zero-order valence-electron chi connectivity index (χ0n) is 18.2. The van der Waals surface area contributed by atoms with Crippen LogP contribution in [0, 0.1) is 0 Å². The average Bonchev–Trinajstić information content (AvgIpc) is 3.25. The highest BCUT2D eigenvalue weighted by atomic mass is 35.5. The van der Waals surface area contributed by atoms with Crippen LogP contribution in [0.2, 0.25) is 5.02 Å². The quantitative estimate of drug-likeness (QED) is 0.515. The largest absolute Gasteiger partial charge is 0.397 e. The molecule has 0 radical (unpaired) electrons. The van der Waals surface area contributed by atoms with E-state index in [9.17, 15) is 13.2 Å². The number of hydrogen-bond acceptors (Lipinski definition) is 6. The Labute approximate surface area is 198 Å². The molecule has 0 spiro atoms. The Morgan fingerprint density at radius 1 is 1.21 bits per heavy atom. The van der Waals surface area contributed by atoms with Crippen molar-refractivity contribution in [2.24, 2.45) is 0 Å². The molecule has 2 aromatic carbocycles. The van der Waals surface area contributed by atoms with Crippen LogP contribution in [-0.4, -0.2) is 48.8 Å². The summed E-state index contributed by atoms with van der Waals surface area (Å²) in [6.45, 7) is 1.85. The normalized spacial score (nSPS) is 16.6. The number of nitrogens with two attached hydrogens (primary N) is 1. The number of likely N-dealkylation sites (tertiary alicyclic amines) is 1. The van der Waals surface area contributed by atoms with Gasteiger partial charge in [-0.15, -0.1) is 0 Å². The maximum atomic E-state index is 12.5. The Bertz CT molecular complexity index is 1280. The number of benzene rings is 2. The topological polar surface area (TPSA) is 105 Å². The van der Waals surface area contributed by atoms with Crippen LogP contribution in [-0.2, 0) is 16.4 Å². The Morgan fingerprint density at radius 3 is 2.58 bits per heavy atom. The molecule has 3 aromatic rings. The second-order valence-electron chi connectivity index (χ2n) is 8.27. The molecule has 33 heavy (non-hydrogen) atoms. The van der Waals surface area contributed by atoms with Crippen molar-refractivity contribution in [1.29, 1.82) is 0 Å². The lowest BCUT2D eigenvalue weighted by Crippen LogP contribution is -2.26. The number of aromatic nitrogens is 1. The molecule has 4 rings (SSSR count). The first-order chi connectivity index (χ1) is 15.7. The molecule has 1 fully saturated rings. The number of rotatable bonds is 6. The van der Waals surface area contributed by atoms with Crippen LogP contribution in [0.25, 0.3) is 11.3 Å². The average molecular weight is 485 g/mol. The number of amides is 1. The van der Waals surface area contributed by atoms with Crippen LogP contribution in [0.1, 0.15) is 22.3 Å². The zero-order chi connectivity index (χ0) is 23.6. The Morgan fingerprint density at radius 2 is 1.94 bits per heavy atom. The van der Waals surface area contributed by atoms with Crippen molar-refractivity contribution in [3.8, 4) is 11.3 Å². The van der Waals surface area contributed by atoms with Crippen LogP contribution in [0.4, 0.5) is 11.4 Å². The molecular formula is C24H25ClN4O3S. The van der Waals surface area contributed by atoms with Gasteiger partial charge >= 0.3 is 0 Å². The van der Waals surface area contributed by atoms with E-state index in [4.69, 9.17) is 17.3 Å². The van der Waals surface area contributed by atoms with Crippen molar-refractivity contribution in [1.82, 2.24) is 9.88 Å². The number of nitrogens with one attached hydrogen (secondary N) is 1. The van der Waals surface area contributed by atoms with E-state index in [1.165, 1.54) is 6.26 Å². The molecule has 1 amide bonds. The monoisotopic (exact) mass is 484 g/mol. The molecule has 1 aliphatic rings. The minimum Gasteiger partial charge on any atom is -0.397 e. The van der Waals surface area contributed by atoms with Crippen molar-refractivity contribution in [2.75, 3.05) is 30.4 Å². The summed E-state index contributed by atoms with van der Waals surface area (Å²) in [6.07, 6.45) is 3.70.